The third-order valence-corrected chi connectivity index (χ3v) is 5.49. The highest BCUT2D eigenvalue weighted by Gasteiger charge is 2.30. The van der Waals surface area contributed by atoms with E-state index in [2.05, 4.69) is 13.8 Å². The number of unbranched alkanes of at least 4 members (excludes halogenated alkanes) is 3. The molecule has 15 heavy (non-hydrogen) atoms. The van der Waals surface area contributed by atoms with Crippen LogP contribution in [0.15, 0.2) is 11.4 Å². The highest BCUT2D eigenvalue weighted by molar-refractivity contribution is 7.62. The number of rotatable bonds is 6. The van der Waals surface area contributed by atoms with Gasteiger partial charge < -0.3 is 4.52 Å². The average molecular weight is 230 g/mol. The molecule has 0 aromatic carbocycles. The summed E-state index contributed by atoms with van der Waals surface area (Å²) in [5.41, 5.74) is 1.23. The van der Waals surface area contributed by atoms with Crippen molar-refractivity contribution in [1.82, 2.24) is 0 Å². The van der Waals surface area contributed by atoms with E-state index in [1.165, 1.54) is 24.8 Å². The van der Waals surface area contributed by atoms with Crippen molar-refractivity contribution in [3.8, 4) is 0 Å². The van der Waals surface area contributed by atoms with Crippen LogP contribution in [0.5, 0.6) is 0 Å². The fraction of sp³-hybridized carbons (Fsp3) is 0.833. The minimum Gasteiger partial charge on any atom is -0.326 e. The molecule has 1 aliphatic heterocycles. The van der Waals surface area contributed by atoms with Crippen molar-refractivity contribution < 1.29 is 9.09 Å². The van der Waals surface area contributed by atoms with Crippen molar-refractivity contribution in [2.24, 2.45) is 5.92 Å². The molecule has 2 nitrogen and oxygen atoms in total. The zero-order valence-corrected chi connectivity index (χ0v) is 11.1. The minimum atomic E-state index is -2.39. The quantitative estimate of drug-likeness (QED) is 0.499. The van der Waals surface area contributed by atoms with Gasteiger partial charge in [-0.2, -0.15) is 0 Å². The van der Waals surface area contributed by atoms with E-state index in [9.17, 15) is 4.57 Å². The second-order valence-electron chi connectivity index (χ2n) is 4.58. The monoisotopic (exact) mass is 230 g/mol. The average Bonchev–Trinajstić information content (AvgIpc) is 2.41. The Morgan fingerprint density at radius 3 is 2.73 bits per heavy atom. The van der Waals surface area contributed by atoms with Gasteiger partial charge in [-0.05, 0) is 25.1 Å². The van der Waals surface area contributed by atoms with Gasteiger partial charge in [0.15, 0.2) is 0 Å². The standard InChI is InChI=1S/C12H23O2P/c1-4-5-6-7-8-14-15(13)9-11(2)12(3)10-15/h9,12H,4-8,10H2,1-3H3. The maximum Gasteiger partial charge on any atom is 0.225 e. The molecule has 88 valence electrons. The van der Waals surface area contributed by atoms with E-state index in [-0.39, 0.29) is 0 Å². The molecule has 0 fully saturated rings. The van der Waals surface area contributed by atoms with Gasteiger partial charge in [-0.15, -0.1) is 0 Å². The Labute approximate surface area is 93.5 Å². The summed E-state index contributed by atoms with van der Waals surface area (Å²) in [6.45, 7) is 7.01. The summed E-state index contributed by atoms with van der Waals surface area (Å²) in [6.07, 6.45) is 5.42. The summed E-state index contributed by atoms with van der Waals surface area (Å²) >= 11 is 0. The van der Waals surface area contributed by atoms with E-state index in [4.69, 9.17) is 4.52 Å². The summed E-state index contributed by atoms with van der Waals surface area (Å²) in [5, 5.41) is 0. The Hall–Kier alpha value is -0.0700. The van der Waals surface area contributed by atoms with Crippen LogP contribution >= 0.6 is 7.37 Å². The first kappa shape index (κ1) is 13.0. The van der Waals surface area contributed by atoms with Gasteiger partial charge in [-0.3, -0.25) is 4.57 Å². The highest BCUT2D eigenvalue weighted by atomic mass is 31.2. The Bertz CT molecular complexity index is 271. The lowest BCUT2D eigenvalue weighted by Gasteiger charge is -2.11. The van der Waals surface area contributed by atoms with Gasteiger partial charge in [-0.1, -0.05) is 38.7 Å². The zero-order chi connectivity index (χ0) is 11.3. The van der Waals surface area contributed by atoms with Crippen LogP contribution in [0, 0.1) is 5.92 Å². The lowest BCUT2D eigenvalue weighted by molar-refractivity contribution is 0.307. The van der Waals surface area contributed by atoms with Crippen LogP contribution in [-0.2, 0) is 9.09 Å². The highest BCUT2D eigenvalue weighted by Crippen LogP contribution is 2.56. The maximum atomic E-state index is 12.2. The van der Waals surface area contributed by atoms with E-state index in [1.807, 2.05) is 12.7 Å². The topological polar surface area (TPSA) is 26.3 Å². The predicted octanol–water partition coefficient (Wildman–Crippen LogP) is 4.41. The molecule has 0 saturated carbocycles. The van der Waals surface area contributed by atoms with Crippen LogP contribution in [0.25, 0.3) is 0 Å². The first-order chi connectivity index (χ1) is 7.07. The molecule has 0 aliphatic carbocycles. The van der Waals surface area contributed by atoms with Gasteiger partial charge in [0.25, 0.3) is 0 Å². The van der Waals surface area contributed by atoms with Gasteiger partial charge in [0.05, 0.1) is 6.61 Å². The van der Waals surface area contributed by atoms with Gasteiger partial charge >= 0.3 is 0 Å². The summed E-state index contributed by atoms with van der Waals surface area (Å²) < 4.78 is 17.7. The second kappa shape index (κ2) is 5.86. The largest absolute Gasteiger partial charge is 0.326 e. The molecular formula is C12H23O2P. The van der Waals surface area contributed by atoms with Gasteiger partial charge in [0, 0.05) is 6.16 Å². The van der Waals surface area contributed by atoms with Crippen LogP contribution in [0.3, 0.4) is 0 Å². The summed E-state index contributed by atoms with van der Waals surface area (Å²) in [7, 11) is -2.39. The molecule has 1 aliphatic rings. The zero-order valence-electron chi connectivity index (χ0n) is 10.2. The van der Waals surface area contributed by atoms with E-state index in [0.717, 1.165) is 6.42 Å². The van der Waals surface area contributed by atoms with Crippen LogP contribution in [0.2, 0.25) is 0 Å². The Morgan fingerprint density at radius 2 is 2.20 bits per heavy atom. The van der Waals surface area contributed by atoms with Gasteiger partial charge in [0.1, 0.15) is 0 Å². The first-order valence-corrected chi connectivity index (χ1v) is 7.88. The fourth-order valence-electron chi connectivity index (χ4n) is 1.85. The number of hydrogen-bond acceptors (Lipinski definition) is 2. The molecule has 0 aromatic heterocycles. The number of hydrogen-bond donors (Lipinski definition) is 0. The molecule has 1 heterocycles. The van der Waals surface area contributed by atoms with E-state index in [0.29, 0.717) is 18.7 Å². The van der Waals surface area contributed by atoms with Crippen LogP contribution in [-0.4, -0.2) is 12.8 Å². The molecule has 0 spiro atoms. The van der Waals surface area contributed by atoms with E-state index >= 15 is 0 Å². The Balaban J connectivity index is 2.25. The van der Waals surface area contributed by atoms with Gasteiger partial charge in [0.2, 0.25) is 7.37 Å². The molecule has 3 heteroatoms. The number of allylic oxidation sites excluding steroid dienone is 1. The molecule has 0 aromatic rings. The van der Waals surface area contributed by atoms with Crippen molar-refractivity contribution in [1.29, 1.82) is 0 Å². The van der Waals surface area contributed by atoms with Crippen molar-refractivity contribution in [2.45, 2.75) is 46.5 Å². The molecule has 0 bridgehead atoms. The van der Waals surface area contributed by atoms with Crippen molar-refractivity contribution in [2.75, 3.05) is 12.8 Å². The van der Waals surface area contributed by atoms with E-state index in [1.54, 1.807) is 0 Å². The molecule has 2 unspecified atom stereocenters. The molecular weight excluding hydrogens is 207 g/mol. The van der Waals surface area contributed by atoms with Crippen LogP contribution in [0.1, 0.15) is 46.5 Å². The van der Waals surface area contributed by atoms with Gasteiger partial charge in [-0.25, -0.2) is 0 Å². The Morgan fingerprint density at radius 1 is 1.47 bits per heavy atom. The SMILES string of the molecule is CCCCCCOP1(=O)C=C(C)C(C)C1. The predicted molar refractivity (Wildman–Crippen MR) is 65.5 cm³/mol. The molecule has 2 atom stereocenters. The molecule has 0 amide bonds. The summed E-state index contributed by atoms with van der Waals surface area (Å²) in [5.74, 6) is 2.31. The maximum absolute atomic E-state index is 12.2. The molecule has 0 saturated heterocycles. The fourth-order valence-corrected chi connectivity index (χ4v) is 4.50. The van der Waals surface area contributed by atoms with Crippen LogP contribution < -0.4 is 0 Å². The smallest absolute Gasteiger partial charge is 0.225 e. The third-order valence-electron chi connectivity index (χ3n) is 3.01. The van der Waals surface area contributed by atoms with Crippen molar-refractivity contribution in [3.63, 3.8) is 0 Å². The molecule has 0 N–H and O–H groups in total. The lowest BCUT2D eigenvalue weighted by atomic mass is 10.1. The lowest BCUT2D eigenvalue weighted by Crippen LogP contribution is -1.98. The Kier molecular flexibility index (Phi) is 5.08. The summed E-state index contributed by atoms with van der Waals surface area (Å²) in [6, 6.07) is 0. The second-order valence-corrected chi connectivity index (χ2v) is 6.91. The van der Waals surface area contributed by atoms with Crippen molar-refractivity contribution >= 4 is 7.37 Å². The van der Waals surface area contributed by atoms with Crippen LogP contribution in [0.4, 0.5) is 0 Å². The normalized spacial score (nSPS) is 30.6. The first-order valence-electron chi connectivity index (χ1n) is 6.00. The third kappa shape index (κ3) is 4.12. The molecule has 1 rings (SSSR count). The van der Waals surface area contributed by atoms with E-state index < -0.39 is 7.37 Å². The minimum absolute atomic E-state index is 0.437. The van der Waals surface area contributed by atoms with Crippen molar-refractivity contribution in [3.05, 3.63) is 11.4 Å². The summed E-state index contributed by atoms with van der Waals surface area (Å²) in [4.78, 5) is 0. The molecule has 0 radical (unpaired) electrons.